The Bertz CT molecular complexity index is 270. The molecule has 3 N–H and O–H groups in total. The quantitative estimate of drug-likeness (QED) is 0.750. The molecule has 0 aromatic rings. The van der Waals surface area contributed by atoms with Crippen molar-refractivity contribution in [3.05, 3.63) is 0 Å². The molecule has 4 atom stereocenters. The summed E-state index contributed by atoms with van der Waals surface area (Å²) in [7, 11) is 0. The second kappa shape index (κ2) is 4.72. The van der Waals surface area contributed by atoms with Crippen molar-refractivity contribution in [3.63, 3.8) is 0 Å². The molecule has 0 aromatic carbocycles. The predicted molar refractivity (Wildman–Crippen MR) is 62.1 cm³/mol. The lowest BCUT2D eigenvalue weighted by atomic mass is 9.78. The first-order valence-electron chi connectivity index (χ1n) is 6.36. The van der Waals surface area contributed by atoms with Crippen molar-refractivity contribution in [2.75, 3.05) is 13.1 Å². The van der Waals surface area contributed by atoms with Crippen LogP contribution in [0.4, 0.5) is 0 Å². The fraction of sp³-hybridized carbons (Fsp3) is 0.917. The summed E-state index contributed by atoms with van der Waals surface area (Å²) in [5.74, 6) is 0.481. The first-order valence-corrected chi connectivity index (χ1v) is 6.36. The van der Waals surface area contributed by atoms with Crippen LogP contribution in [0.1, 0.15) is 32.6 Å². The number of carboxylic acids is 1. The van der Waals surface area contributed by atoms with Gasteiger partial charge in [0.15, 0.2) is 0 Å². The van der Waals surface area contributed by atoms with E-state index in [1.165, 1.54) is 12.8 Å². The Morgan fingerprint density at radius 3 is 2.81 bits per heavy atom. The Balaban J connectivity index is 2.02. The van der Waals surface area contributed by atoms with E-state index in [1.54, 1.807) is 0 Å². The van der Waals surface area contributed by atoms with E-state index in [9.17, 15) is 4.79 Å². The number of hydrogen-bond acceptors (Lipinski definition) is 3. The average molecular weight is 226 g/mol. The molecule has 92 valence electrons. The number of rotatable bonds is 3. The van der Waals surface area contributed by atoms with Crippen LogP contribution in [0.5, 0.6) is 0 Å². The number of aliphatic carboxylic acids is 1. The molecule has 16 heavy (non-hydrogen) atoms. The smallest absolute Gasteiger partial charge is 0.320 e. The largest absolute Gasteiger partial charge is 0.480 e. The van der Waals surface area contributed by atoms with Crippen molar-refractivity contribution in [3.8, 4) is 0 Å². The Kier molecular flexibility index (Phi) is 3.50. The van der Waals surface area contributed by atoms with Gasteiger partial charge in [-0.3, -0.25) is 9.69 Å². The van der Waals surface area contributed by atoms with Crippen molar-refractivity contribution < 1.29 is 9.90 Å². The molecule has 0 spiro atoms. The maximum atomic E-state index is 11.1. The third-order valence-corrected chi connectivity index (χ3v) is 4.29. The molecule has 1 saturated heterocycles. The molecule has 1 saturated carbocycles. The zero-order valence-electron chi connectivity index (χ0n) is 9.93. The summed E-state index contributed by atoms with van der Waals surface area (Å²) >= 11 is 0. The van der Waals surface area contributed by atoms with E-state index in [-0.39, 0.29) is 12.1 Å². The summed E-state index contributed by atoms with van der Waals surface area (Å²) in [4.78, 5) is 13.3. The second-order valence-electron chi connectivity index (χ2n) is 5.23. The van der Waals surface area contributed by atoms with E-state index in [0.29, 0.717) is 18.3 Å². The number of fused-ring (bicyclic) bond motifs is 1. The van der Waals surface area contributed by atoms with Crippen molar-refractivity contribution in [2.24, 2.45) is 17.6 Å². The van der Waals surface area contributed by atoms with Crippen molar-refractivity contribution in [1.82, 2.24) is 4.90 Å². The second-order valence-corrected chi connectivity index (χ2v) is 5.23. The third kappa shape index (κ3) is 2.09. The monoisotopic (exact) mass is 226 g/mol. The van der Waals surface area contributed by atoms with Crippen LogP contribution in [0, 0.1) is 11.8 Å². The molecule has 2 fully saturated rings. The summed E-state index contributed by atoms with van der Waals surface area (Å²) in [6.07, 6.45) is 4.23. The van der Waals surface area contributed by atoms with Crippen LogP contribution in [0.3, 0.4) is 0 Å². The lowest BCUT2D eigenvalue weighted by Crippen LogP contribution is -2.41. The summed E-state index contributed by atoms with van der Waals surface area (Å²) < 4.78 is 0. The van der Waals surface area contributed by atoms with Gasteiger partial charge in [-0.1, -0.05) is 13.3 Å². The first kappa shape index (κ1) is 11.9. The third-order valence-electron chi connectivity index (χ3n) is 4.29. The van der Waals surface area contributed by atoms with Crippen LogP contribution >= 0.6 is 0 Å². The molecular weight excluding hydrogens is 204 g/mol. The van der Waals surface area contributed by atoms with Crippen LogP contribution in [0.15, 0.2) is 0 Å². The minimum atomic E-state index is -0.685. The normalized spacial score (nSPS) is 37.0. The molecule has 0 amide bonds. The molecule has 4 unspecified atom stereocenters. The number of hydrogen-bond donors (Lipinski definition) is 2. The summed E-state index contributed by atoms with van der Waals surface area (Å²) in [6, 6.07) is -0.0205. The fourth-order valence-corrected chi connectivity index (χ4v) is 3.39. The van der Waals surface area contributed by atoms with Crippen LogP contribution < -0.4 is 5.73 Å². The minimum Gasteiger partial charge on any atom is -0.480 e. The molecule has 4 heteroatoms. The van der Waals surface area contributed by atoms with E-state index < -0.39 is 5.97 Å². The molecule has 4 nitrogen and oxygen atoms in total. The van der Waals surface area contributed by atoms with Crippen LogP contribution in [-0.4, -0.2) is 41.1 Å². The number of carbonyl (C=O) groups is 1. The topological polar surface area (TPSA) is 66.6 Å². The zero-order valence-corrected chi connectivity index (χ0v) is 9.93. The average Bonchev–Trinajstić information content (AvgIpc) is 2.63. The zero-order chi connectivity index (χ0) is 11.7. The van der Waals surface area contributed by atoms with Crippen molar-refractivity contribution in [2.45, 2.75) is 44.7 Å². The van der Waals surface area contributed by atoms with Gasteiger partial charge in [0.1, 0.15) is 6.04 Å². The van der Waals surface area contributed by atoms with Gasteiger partial charge in [0.2, 0.25) is 0 Å². The SMILES string of the molecule is CCC(C(=O)O)N1CC2CCCC(N)C2C1. The lowest BCUT2D eigenvalue weighted by Gasteiger charge is -2.30. The van der Waals surface area contributed by atoms with Crippen molar-refractivity contribution in [1.29, 1.82) is 0 Å². The van der Waals surface area contributed by atoms with Gasteiger partial charge >= 0.3 is 5.97 Å². The lowest BCUT2D eigenvalue weighted by molar-refractivity contribution is -0.143. The van der Waals surface area contributed by atoms with E-state index in [4.69, 9.17) is 10.8 Å². The maximum absolute atomic E-state index is 11.1. The molecule has 2 rings (SSSR count). The molecule has 1 aliphatic heterocycles. The molecule has 0 bridgehead atoms. The molecule has 2 aliphatic rings. The number of nitrogens with two attached hydrogens (primary N) is 1. The Hall–Kier alpha value is -0.610. The van der Waals surface area contributed by atoms with Crippen LogP contribution in [0.2, 0.25) is 0 Å². The first-order chi connectivity index (χ1) is 7.63. The molecule has 1 heterocycles. The highest BCUT2D eigenvalue weighted by molar-refractivity contribution is 5.73. The van der Waals surface area contributed by atoms with Crippen molar-refractivity contribution >= 4 is 5.97 Å². The number of likely N-dealkylation sites (tertiary alicyclic amines) is 1. The summed E-state index contributed by atoms with van der Waals surface area (Å²) in [5, 5.41) is 9.16. The van der Waals surface area contributed by atoms with E-state index >= 15 is 0 Å². The van der Waals surface area contributed by atoms with Gasteiger partial charge in [-0.2, -0.15) is 0 Å². The highest BCUT2D eigenvalue weighted by Crippen LogP contribution is 2.36. The summed E-state index contributed by atoms with van der Waals surface area (Å²) in [5.41, 5.74) is 6.13. The standard InChI is InChI=1S/C12H22N2O2/c1-2-11(12(15)16)14-6-8-4-3-5-10(13)9(8)7-14/h8-11H,2-7,13H2,1H3,(H,15,16). The fourth-order valence-electron chi connectivity index (χ4n) is 3.39. The Morgan fingerprint density at radius 1 is 1.50 bits per heavy atom. The van der Waals surface area contributed by atoms with Gasteiger partial charge in [-0.15, -0.1) is 0 Å². The molecule has 0 aromatic heterocycles. The minimum absolute atomic E-state index is 0.287. The molecule has 1 aliphatic carbocycles. The van der Waals surface area contributed by atoms with Gasteiger partial charge in [-0.25, -0.2) is 0 Å². The number of nitrogens with zero attached hydrogens (tertiary/aromatic N) is 1. The Morgan fingerprint density at radius 2 is 2.25 bits per heavy atom. The Labute approximate surface area is 96.8 Å². The van der Waals surface area contributed by atoms with Gasteiger partial charge in [-0.05, 0) is 31.1 Å². The predicted octanol–water partition coefficient (Wildman–Crippen LogP) is 0.909. The highest BCUT2D eigenvalue weighted by Gasteiger charge is 2.41. The van der Waals surface area contributed by atoms with Gasteiger partial charge < -0.3 is 10.8 Å². The maximum Gasteiger partial charge on any atom is 0.320 e. The summed E-state index contributed by atoms with van der Waals surface area (Å²) in [6.45, 7) is 3.76. The van der Waals surface area contributed by atoms with Crippen LogP contribution in [-0.2, 0) is 4.79 Å². The molecular formula is C12H22N2O2. The highest BCUT2D eigenvalue weighted by atomic mass is 16.4. The molecule has 0 radical (unpaired) electrons. The van der Waals surface area contributed by atoms with E-state index in [2.05, 4.69) is 4.90 Å². The van der Waals surface area contributed by atoms with Gasteiger partial charge in [0.05, 0.1) is 0 Å². The van der Waals surface area contributed by atoms with E-state index in [0.717, 1.165) is 19.5 Å². The number of carboxylic acid groups (broad SMARTS) is 1. The van der Waals surface area contributed by atoms with Crippen LogP contribution in [0.25, 0.3) is 0 Å². The van der Waals surface area contributed by atoms with Gasteiger partial charge in [0.25, 0.3) is 0 Å². The van der Waals surface area contributed by atoms with E-state index in [1.807, 2.05) is 6.92 Å². The van der Waals surface area contributed by atoms with Gasteiger partial charge in [0, 0.05) is 19.1 Å².